The predicted octanol–water partition coefficient (Wildman–Crippen LogP) is 0.808. The van der Waals surface area contributed by atoms with E-state index in [0.717, 1.165) is 37.7 Å². The van der Waals surface area contributed by atoms with Crippen LogP contribution < -0.4 is 15.0 Å². The van der Waals surface area contributed by atoms with Crippen LogP contribution in [0, 0.1) is 6.92 Å². The molecular formula is C11H17N3O. The van der Waals surface area contributed by atoms with E-state index in [-0.39, 0.29) is 0 Å². The average Bonchev–Trinajstić information content (AvgIpc) is 2.30. The molecule has 0 aliphatic carbocycles. The highest BCUT2D eigenvalue weighted by Crippen LogP contribution is 2.21. The topological polar surface area (TPSA) is 37.4 Å². The first-order chi connectivity index (χ1) is 7.31. The van der Waals surface area contributed by atoms with Gasteiger partial charge < -0.3 is 15.0 Å². The lowest BCUT2D eigenvalue weighted by Crippen LogP contribution is -2.44. The zero-order chi connectivity index (χ0) is 10.7. The van der Waals surface area contributed by atoms with Gasteiger partial charge >= 0.3 is 0 Å². The van der Waals surface area contributed by atoms with Crippen molar-refractivity contribution in [1.29, 1.82) is 0 Å². The third-order valence-corrected chi connectivity index (χ3v) is 2.68. The van der Waals surface area contributed by atoms with Gasteiger partial charge in [-0.05, 0) is 18.6 Å². The number of aryl methyl sites for hydroxylation is 1. The Hall–Kier alpha value is -1.29. The molecule has 1 aromatic heterocycles. The van der Waals surface area contributed by atoms with Crippen LogP contribution in [-0.2, 0) is 0 Å². The third kappa shape index (κ3) is 2.21. The monoisotopic (exact) mass is 207 g/mol. The molecule has 2 heterocycles. The van der Waals surface area contributed by atoms with E-state index in [2.05, 4.69) is 22.1 Å². The van der Waals surface area contributed by atoms with E-state index in [9.17, 15) is 0 Å². The van der Waals surface area contributed by atoms with Crippen LogP contribution in [0.2, 0.25) is 0 Å². The van der Waals surface area contributed by atoms with Gasteiger partial charge in [0.15, 0.2) is 0 Å². The molecule has 4 nitrogen and oxygen atoms in total. The summed E-state index contributed by atoms with van der Waals surface area (Å²) in [4.78, 5) is 6.76. The quantitative estimate of drug-likeness (QED) is 0.778. The van der Waals surface area contributed by atoms with Gasteiger partial charge in [0, 0.05) is 26.2 Å². The van der Waals surface area contributed by atoms with Gasteiger partial charge in [-0.3, -0.25) is 0 Å². The number of anilines is 1. The molecular weight excluding hydrogens is 190 g/mol. The maximum Gasteiger partial charge on any atom is 0.137 e. The summed E-state index contributed by atoms with van der Waals surface area (Å²) in [5.74, 6) is 1.91. The summed E-state index contributed by atoms with van der Waals surface area (Å²) < 4.78 is 5.14. The molecule has 1 aromatic rings. The number of hydrogen-bond acceptors (Lipinski definition) is 4. The minimum Gasteiger partial charge on any atom is -0.495 e. The summed E-state index contributed by atoms with van der Waals surface area (Å²) in [6.45, 7) is 6.20. The largest absolute Gasteiger partial charge is 0.495 e. The normalized spacial score (nSPS) is 16.5. The SMILES string of the molecule is COc1cnc(N2CCNCC2)c(C)c1. The van der Waals surface area contributed by atoms with E-state index in [4.69, 9.17) is 4.74 Å². The molecule has 0 spiro atoms. The summed E-state index contributed by atoms with van der Waals surface area (Å²) >= 11 is 0. The summed E-state index contributed by atoms with van der Waals surface area (Å²) in [5.41, 5.74) is 1.18. The van der Waals surface area contributed by atoms with Gasteiger partial charge in [0.05, 0.1) is 13.3 Å². The maximum absolute atomic E-state index is 5.14. The molecule has 1 fully saturated rings. The highest BCUT2D eigenvalue weighted by molar-refractivity contribution is 5.49. The molecule has 0 saturated carbocycles. The number of ether oxygens (including phenoxy) is 1. The fourth-order valence-corrected chi connectivity index (χ4v) is 1.86. The number of methoxy groups -OCH3 is 1. The molecule has 4 heteroatoms. The molecule has 1 N–H and O–H groups in total. The Morgan fingerprint density at radius 2 is 2.13 bits per heavy atom. The summed E-state index contributed by atoms with van der Waals surface area (Å²) in [7, 11) is 1.67. The Balaban J connectivity index is 2.19. The van der Waals surface area contributed by atoms with Crippen LogP contribution >= 0.6 is 0 Å². The molecule has 0 unspecified atom stereocenters. The van der Waals surface area contributed by atoms with Gasteiger partial charge in [-0.25, -0.2) is 4.98 Å². The lowest BCUT2D eigenvalue weighted by atomic mass is 10.2. The van der Waals surface area contributed by atoms with E-state index in [1.807, 2.05) is 6.07 Å². The van der Waals surface area contributed by atoms with Crippen LogP contribution in [0.4, 0.5) is 5.82 Å². The first-order valence-corrected chi connectivity index (χ1v) is 5.27. The lowest BCUT2D eigenvalue weighted by Gasteiger charge is -2.29. The van der Waals surface area contributed by atoms with E-state index < -0.39 is 0 Å². The molecule has 82 valence electrons. The van der Waals surface area contributed by atoms with Crippen molar-refractivity contribution >= 4 is 5.82 Å². The zero-order valence-electron chi connectivity index (χ0n) is 9.29. The third-order valence-electron chi connectivity index (χ3n) is 2.68. The van der Waals surface area contributed by atoms with Gasteiger partial charge in [-0.2, -0.15) is 0 Å². The van der Waals surface area contributed by atoms with Gasteiger partial charge in [0.25, 0.3) is 0 Å². The van der Waals surface area contributed by atoms with Crippen molar-refractivity contribution in [3.05, 3.63) is 17.8 Å². The van der Waals surface area contributed by atoms with Crippen molar-refractivity contribution in [2.75, 3.05) is 38.2 Å². The molecule has 0 amide bonds. The van der Waals surface area contributed by atoms with Crippen molar-refractivity contribution < 1.29 is 4.74 Å². The number of nitrogens with zero attached hydrogens (tertiary/aromatic N) is 2. The minimum absolute atomic E-state index is 0.825. The summed E-state index contributed by atoms with van der Waals surface area (Å²) in [6, 6.07) is 2.03. The van der Waals surface area contributed by atoms with E-state index in [0.29, 0.717) is 0 Å². The van der Waals surface area contributed by atoms with Gasteiger partial charge in [-0.15, -0.1) is 0 Å². The Kier molecular flexibility index (Phi) is 3.06. The van der Waals surface area contributed by atoms with Gasteiger partial charge in [0.2, 0.25) is 0 Å². The standard InChI is InChI=1S/C11H17N3O/c1-9-7-10(15-2)8-13-11(9)14-5-3-12-4-6-14/h7-8,12H,3-6H2,1-2H3. The Bertz CT molecular complexity index is 335. The Morgan fingerprint density at radius 3 is 2.73 bits per heavy atom. The van der Waals surface area contributed by atoms with E-state index >= 15 is 0 Å². The zero-order valence-corrected chi connectivity index (χ0v) is 9.29. The number of pyridine rings is 1. The predicted molar refractivity (Wildman–Crippen MR) is 60.6 cm³/mol. The highest BCUT2D eigenvalue weighted by Gasteiger charge is 2.13. The van der Waals surface area contributed by atoms with Crippen molar-refractivity contribution in [2.45, 2.75) is 6.92 Å². The fraction of sp³-hybridized carbons (Fsp3) is 0.545. The van der Waals surface area contributed by atoms with Crippen LogP contribution in [0.1, 0.15) is 5.56 Å². The molecule has 1 aliphatic rings. The summed E-state index contributed by atoms with van der Waals surface area (Å²) in [5, 5.41) is 3.33. The first kappa shape index (κ1) is 10.2. The smallest absolute Gasteiger partial charge is 0.137 e. The molecule has 0 atom stereocenters. The number of piperazine rings is 1. The fourth-order valence-electron chi connectivity index (χ4n) is 1.86. The minimum atomic E-state index is 0.825. The molecule has 0 radical (unpaired) electrons. The molecule has 1 saturated heterocycles. The molecule has 15 heavy (non-hydrogen) atoms. The molecule has 2 rings (SSSR count). The van der Waals surface area contributed by atoms with Gasteiger partial charge in [-0.1, -0.05) is 0 Å². The van der Waals surface area contributed by atoms with Crippen molar-refractivity contribution in [2.24, 2.45) is 0 Å². The number of rotatable bonds is 2. The number of aromatic nitrogens is 1. The average molecular weight is 207 g/mol. The second-order valence-electron chi connectivity index (χ2n) is 3.75. The number of hydrogen-bond donors (Lipinski definition) is 1. The highest BCUT2D eigenvalue weighted by atomic mass is 16.5. The van der Waals surface area contributed by atoms with Crippen LogP contribution in [0.25, 0.3) is 0 Å². The Labute approximate surface area is 90.3 Å². The van der Waals surface area contributed by atoms with E-state index in [1.54, 1.807) is 13.3 Å². The number of nitrogens with one attached hydrogen (secondary N) is 1. The lowest BCUT2D eigenvalue weighted by molar-refractivity contribution is 0.412. The van der Waals surface area contributed by atoms with Crippen molar-refractivity contribution in [3.8, 4) is 5.75 Å². The first-order valence-electron chi connectivity index (χ1n) is 5.27. The van der Waals surface area contributed by atoms with Crippen LogP contribution in [0.3, 0.4) is 0 Å². The Morgan fingerprint density at radius 1 is 1.40 bits per heavy atom. The second kappa shape index (κ2) is 4.49. The summed E-state index contributed by atoms with van der Waals surface area (Å²) in [6.07, 6.45) is 1.78. The van der Waals surface area contributed by atoms with Crippen molar-refractivity contribution in [3.63, 3.8) is 0 Å². The molecule has 0 aromatic carbocycles. The van der Waals surface area contributed by atoms with E-state index in [1.165, 1.54) is 5.56 Å². The molecule has 1 aliphatic heterocycles. The maximum atomic E-state index is 5.14. The van der Waals surface area contributed by atoms with Crippen LogP contribution in [0.5, 0.6) is 5.75 Å². The van der Waals surface area contributed by atoms with Crippen molar-refractivity contribution in [1.82, 2.24) is 10.3 Å². The second-order valence-corrected chi connectivity index (χ2v) is 3.75. The van der Waals surface area contributed by atoms with Crippen LogP contribution in [0.15, 0.2) is 12.3 Å². The van der Waals surface area contributed by atoms with Gasteiger partial charge in [0.1, 0.15) is 11.6 Å². The van der Waals surface area contributed by atoms with Crippen LogP contribution in [-0.4, -0.2) is 38.3 Å². The molecule has 0 bridgehead atoms.